The Kier molecular flexibility index (Phi) is 5.10. The molecule has 25 heavy (non-hydrogen) atoms. The molecule has 134 valence electrons. The van der Waals surface area contributed by atoms with Gasteiger partial charge in [-0.3, -0.25) is 4.90 Å². The lowest BCUT2D eigenvalue weighted by molar-refractivity contribution is 0.0393. The summed E-state index contributed by atoms with van der Waals surface area (Å²) in [5.41, 5.74) is 0.962. The average Bonchev–Trinajstić information content (AvgIpc) is 3.31. The van der Waals surface area contributed by atoms with Crippen LogP contribution in [0, 0.1) is 5.92 Å². The molecule has 1 aromatic heterocycles. The molecule has 0 saturated carbocycles. The number of hydrogen-bond acceptors (Lipinski definition) is 6. The normalized spacial score (nSPS) is 25.5. The van der Waals surface area contributed by atoms with Crippen molar-refractivity contribution in [3.63, 3.8) is 0 Å². The quantitative estimate of drug-likeness (QED) is 0.832. The van der Waals surface area contributed by atoms with E-state index < -0.39 is 0 Å². The van der Waals surface area contributed by atoms with E-state index in [9.17, 15) is 0 Å². The van der Waals surface area contributed by atoms with Crippen molar-refractivity contribution >= 4 is 0 Å². The van der Waals surface area contributed by atoms with Crippen molar-refractivity contribution in [3.8, 4) is 11.5 Å². The third-order valence-corrected chi connectivity index (χ3v) is 5.34. The molecule has 2 fully saturated rings. The fraction of sp³-hybridized carbons (Fsp3) is 0.579. The molecule has 3 heterocycles. The van der Waals surface area contributed by atoms with Gasteiger partial charge in [0.05, 0.1) is 12.5 Å². The maximum atomic E-state index is 6.04. The monoisotopic (exact) mass is 343 g/mol. The summed E-state index contributed by atoms with van der Waals surface area (Å²) in [5, 5.41) is 8.63. The van der Waals surface area contributed by atoms with Crippen molar-refractivity contribution in [3.05, 3.63) is 36.2 Å². The summed E-state index contributed by atoms with van der Waals surface area (Å²) in [5.74, 6) is 1.94. The summed E-state index contributed by atoms with van der Waals surface area (Å²) < 4.78 is 17.0. The van der Waals surface area contributed by atoms with Gasteiger partial charge in [0.15, 0.2) is 0 Å². The molecule has 0 N–H and O–H groups in total. The van der Waals surface area contributed by atoms with Crippen LogP contribution in [0.2, 0.25) is 0 Å². The lowest BCUT2D eigenvalue weighted by Gasteiger charge is -2.31. The first-order valence-corrected chi connectivity index (χ1v) is 9.04. The minimum atomic E-state index is 0.229. The van der Waals surface area contributed by atoms with Crippen LogP contribution in [0.25, 0.3) is 11.5 Å². The smallest absolute Gasteiger partial charge is 0.247 e. The third-order valence-electron chi connectivity index (χ3n) is 5.34. The molecule has 2 saturated heterocycles. The second-order valence-electron chi connectivity index (χ2n) is 6.93. The number of likely N-dealkylation sites (tertiary alicyclic amines) is 1. The second kappa shape index (κ2) is 7.64. The molecule has 0 aliphatic carbocycles. The molecule has 6 nitrogen and oxygen atoms in total. The first-order chi connectivity index (χ1) is 12.3. The van der Waals surface area contributed by atoms with Crippen LogP contribution in [0.15, 0.2) is 34.7 Å². The topological polar surface area (TPSA) is 60.6 Å². The Morgan fingerprint density at radius 1 is 1.12 bits per heavy atom. The molecule has 2 atom stereocenters. The largest absolute Gasteiger partial charge is 0.420 e. The van der Waals surface area contributed by atoms with E-state index in [1.54, 1.807) is 7.11 Å². The average molecular weight is 343 g/mol. The number of nitrogens with zero attached hydrogens (tertiary/aromatic N) is 3. The number of ether oxygens (including phenoxy) is 2. The van der Waals surface area contributed by atoms with Gasteiger partial charge in [-0.15, -0.1) is 10.2 Å². The van der Waals surface area contributed by atoms with E-state index >= 15 is 0 Å². The van der Waals surface area contributed by atoms with Crippen LogP contribution in [-0.4, -0.2) is 61.2 Å². The second-order valence-corrected chi connectivity index (χ2v) is 6.93. The Morgan fingerprint density at radius 2 is 1.92 bits per heavy atom. The zero-order valence-corrected chi connectivity index (χ0v) is 14.6. The molecule has 0 bridgehead atoms. The molecular weight excluding hydrogens is 318 g/mol. The first-order valence-electron chi connectivity index (χ1n) is 9.04. The van der Waals surface area contributed by atoms with Gasteiger partial charge in [-0.05, 0) is 25.0 Å². The lowest BCUT2D eigenvalue weighted by atomic mass is 9.97. The van der Waals surface area contributed by atoms with E-state index in [4.69, 9.17) is 13.9 Å². The van der Waals surface area contributed by atoms with E-state index in [-0.39, 0.29) is 5.92 Å². The van der Waals surface area contributed by atoms with Crippen molar-refractivity contribution in [2.45, 2.75) is 24.8 Å². The highest BCUT2D eigenvalue weighted by Gasteiger charge is 2.40. The Labute approximate surface area is 148 Å². The zero-order valence-electron chi connectivity index (χ0n) is 14.6. The van der Waals surface area contributed by atoms with Crippen LogP contribution in [0.4, 0.5) is 0 Å². The summed E-state index contributed by atoms with van der Waals surface area (Å²) >= 11 is 0. The van der Waals surface area contributed by atoms with Crippen LogP contribution in [0.3, 0.4) is 0 Å². The SMILES string of the molecule is COC[C@@H]1CN(C2CCOCC2)C[C@H]1c1nnc(-c2ccccc2)o1. The van der Waals surface area contributed by atoms with Gasteiger partial charge < -0.3 is 13.9 Å². The standard InChI is InChI=1S/C19H25N3O3/c1-23-13-15-11-22(16-7-9-24-10-8-16)12-17(15)19-21-20-18(25-19)14-5-3-2-4-6-14/h2-6,15-17H,7-13H2,1H3/t15-,17+/m0/s1. The molecular formula is C19H25N3O3. The predicted octanol–water partition coefficient (Wildman–Crippen LogP) is 2.58. The number of methoxy groups -OCH3 is 1. The van der Waals surface area contributed by atoms with E-state index in [2.05, 4.69) is 15.1 Å². The first kappa shape index (κ1) is 16.7. The van der Waals surface area contributed by atoms with Gasteiger partial charge in [0.25, 0.3) is 0 Å². The fourth-order valence-electron chi connectivity index (χ4n) is 4.00. The number of hydrogen-bond donors (Lipinski definition) is 0. The summed E-state index contributed by atoms with van der Waals surface area (Å²) in [7, 11) is 1.76. The predicted molar refractivity (Wildman–Crippen MR) is 93.3 cm³/mol. The van der Waals surface area contributed by atoms with E-state index in [1.807, 2.05) is 30.3 Å². The van der Waals surface area contributed by atoms with Crippen molar-refractivity contribution in [1.29, 1.82) is 0 Å². The molecule has 1 aromatic carbocycles. The van der Waals surface area contributed by atoms with Gasteiger partial charge in [-0.2, -0.15) is 0 Å². The summed E-state index contributed by atoms with van der Waals surface area (Å²) in [6.07, 6.45) is 2.21. The van der Waals surface area contributed by atoms with Gasteiger partial charge in [0.2, 0.25) is 11.8 Å². The molecule has 0 spiro atoms. The Bertz CT molecular complexity index is 670. The van der Waals surface area contributed by atoms with Crippen LogP contribution in [0.5, 0.6) is 0 Å². The number of aromatic nitrogens is 2. The molecule has 2 aliphatic rings. The van der Waals surface area contributed by atoms with Crippen molar-refractivity contribution in [1.82, 2.24) is 15.1 Å². The maximum absolute atomic E-state index is 6.04. The van der Waals surface area contributed by atoms with Gasteiger partial charge >= 0.3 is 0 Å². The molecule has 2 aliphatic heterocycles. The molecule has 4 rings (SSSR count). The fourth-order valence-corrected chi connectivity index (χ4v) is 4.00. The number of benzene rings is 1. The highest BCUT2D eigenvalue weighted by Crippen LogP contribution is 2.35. The molecule has 0 unspecified atom stereocenters. The Balaban J connectivity index is 1.52. The third kappa shape index (κ3) is 3.61. The van der Waals surface area contributed by atoms with E-state index in [1.165, 1.54) is 0 Å². The zero-order chi connectivity index (χ0) is 17.1. The van der Waals surface area contributed by atoms with Gasteiger partial charge in [-0.1, -0.05) is 18.2 Å². The van der Waals surface area contributed by atoms with Crippen LogP contribution in [-0.2, 0) is 9.47 Å². The summed E-state index contributed by atoms with van der Waals surface area (Å²) in [4.78, 5) is 2.56. The Morgan fingerprint density at radius 3 is 2.68 bits per heavy atom. The summed E-state index contributed by atoms with van der Waals surface area (Å²) in [6.45, 7) is 4.41. The number of rotatable bonds is 5. The van der Waals surface area contributed by atoms with Crippen LogP contribution in [0.1, 0.15) is 24.7 Å². The molecule has 2 aromatic rings. The highest BCUT2D eigenvalue weighted by atomic mass is 16.5. The minimum absolute atomic E-state index is 0.229. The van der Waals surface area contributed by atoms with Crippen molar-refractivity contribution in [2.24, 2.45) is 5.92 Å². The van der Waals surface area contributed by atoms with Gasteiger partial charge in [0, 0.05) is 50.9 Å². The Hall–Kier alpha value is -1.76. The van der Waals surface area contributed by atoms with Gasteiger partial charge in [-0.25, -0.2) is 0 Å². The van der Waals surface area contributed by atoms with Crippen molar-refractivity contribution in [2.75, 3.05) is 40.0 Å². The van der Waals surface area contributed by atoms with Crippen molar-refractivity contribution < 1.29 is 13.9 Å². The lowest BCUT2D eigenvalue weighted by Crippen LogP contribution is -2.38. The highest BCUT2D eigenvalue weighted by molar-refractivity contribution is 5.51. The van der Waals surface area contributed by atoms with Crippen LogP contribution >= 0.6 is 0 Å². The molecule has 0 amide bonds. The minimum Gasteiger partial charge on any atom is -0.420 e. The van der Waals surface area contributed by atoms with E-state index in [0.29, 0.717) is 24.5 Å². The molecule has 0 radical (unpaired) electrons. The van der Waals surface area contributed by atoms with E-state index in [0.717, 1.165) is 50.6 Å². The molecule has 6 heteroatoms. The van der Waals surface area contributed by atoms with Crippen LogP contribution < -0.4 is 0 Å². The van der Waals surface area contributed by atoms with Gasteiger partial charge in [0.1, 0.15) is 0 Å². The summed E-state index contributed by atoms with van der Waals surface area (Å²) in [6, 6.07) is 10.5. The maximum Gasteiger partial charge on any atom is 0.247 e.